The van der Waals surface area contributed by atoms with Crippen molar-refractivity contribution in [2.24, 2.45) is 5.92 Å². The number of hydrogen-bond donors (Lipinski definition) is 0. The highest BCUT2D eigenvalue weighted by atomic mass is 32.2. The highest BCUT2D eigenvalue weighted by Crippen LogP contribution is 2.20. The Morgan fingerprint density at radius 3 is 2.39 bits per heavy atom. The van der Waals surface area contributed by atoms with Crippen LogP contribution in [-0.4, -0.2) is 22.5 Å². The molecule has 0 aliphatic rings. The Kier molecular flexibility index (Phi) is 4.95. The molecule has 0 aromatic heterocycles. The van der Waals surface area contributed by atoms with Gasteiger partial charge in [-0.2, -0.15) is 0 Å². The molecule has 0 radical (unpaired) electrons. The van der Waals surface area contributed by atoms with Crippen LogP contribution in [0.15, 0.2) is 23.1 Å². The lowest BCUT2D eigenvalue weighted by molar-refractivity contribution is -0.144. The molecule has 0 amide bonds. The molecule has 3 unspecified atom stereocenters. The Hall–Kier alpha value is -1.30. The van der Waals surface area contributed by atoms with Gasteiger partial charge in [0.2, 0.25) is 0 Å². The Labute approximate surface area is 107 Å². The average molecular weight is 276 g/mol. The highest BCUT2D eigenvalue weighted by Gasteiger charge is 2.27. The quantitative estimate of drug-likeness (QED) is 0.792. The zero-order valence-corrected chi connectivity index (χ0v) is 11.1. The number of halogens is 2. The predicted octanol–water partition coefficient (Wildman–Crippen LogP) is 2.27. The molecule has 0 aliphatic carbocycles. The zero-order chi connectivity index (χ0) is 13.9. The molecule has 0 spiro atoms. The van der Waals surface area contributed by atoms with Gasteiger partial charge in [-0.15, -0.1) is 0 Å². The molecule has 1 aromatic carbocycles. The van der Waals surface area contributed by atoms with Gasteiger partial charge in [0.05, 0.1) is 23.8 Å². The Morgan fingerprint density at radius 2 is 1.89 bits per heavy atom. The lowest BCUT2D eigenvalue weighted by Crippen LogP contribution is -2.28. The van der Waals surface area contributed by atoms with Crippen molar-refractivity contribution in [2.45, 2.75) is 24.0 Å². The first-order chi connectivity index (χ1) is 8.38. The second kappa shape index (κ2) is 6.04. The lowest BCUT2D eigenvalue weighted by Gasteiger charge is -2.17. The van der Waals surface area contributed by atoms with E-state index >= 15 is 0 Å². The van der Waals surface area contributed by atoms with E-state index in [9.17, 15) is 17.8 Å². The number of benzene rings is 1. The zero-order valence-electron chi connectivity index (χ0n) is 10.3. The third-order valence-corrected chi connectivity index (χ3v) is 4.54. The molecule has 3 nitrogen and oxygen atoms in total. The fourth-order valence-corrected chi connectivity index (χ4v) is 2.71. The van der Waals surface area contributed by atoms with Crippen LogP contribution in [0.5, 0.6) is 0 Å². The fourth-order valence-electron chi connectivity index (χ4n) is 1.38. The number of rotatable bonds is 4. The second-order valence-corrected chi connectivity index (χ2v) is 5.70. The summed E-state index contributed by atoms with van der Waals surface area (Å²) >= 11 is 0. The van der Waals surface area contributed by atoms with Crippen LogP contribution in [0.1, 0.15) is 13.8 Å². The molecule has 0 aliphatic heterocycles. The molecule has 6 heteroatoms. The summed E-state index contributed by atoms with van der Waals surface area (Å²) in [5, 5.41) is -0.553. The van der Waals surface area contributed by atoms with Crippen LogP contribution in [0.2, 0.25) is 0 Å². The molecule has 18 heavy (non-hydrogen) atoms. The summed E-state index contributed by atoms with van der Waals surface area (Å²) in [6.45, 7) is 3.17. The largest absolute Gasteiger partial charge is 0.469 e. The third-order valence-electron chi connectivity index (χ3n) is 2.74. The predicted molar refractivity (Wildman–Crippen MR) is 63.4 cm³/mol. The molecule has 0 saturated carbocycles. The van der Waals surface area contributed by atoms with Crippen molar-refractivity contribution in [3.63, 3.8) is 0 Å². The van der Waals surface area contributed by atoms with Crippen LogP contribution in [0.4, 0.5) is 8.78 Å². The van der Waals surface area contributed by atoms with E-state index in [0.29, 0.717) is 0 Å². The van der Waals surface area contributed by atoms with Gasteiger partial charge in [-0.05, 0) is 25.1 Å². The van der Waals surface area contributed by atoms with Crippen LogP contribution in [0, 0.1) is 17.6 Å². The highest BCUT2D eigenvalue weighted by molar-refractivity contribution is 7.85. The van der Waals surface area contributed by atoms with Gasteiger partial charge in [-0.25, -0.2) is 8.78 Å². The lowest BCUT2D eigenvalue weighted by atomic mass is 10.1. The molecule has 1 aromatic rings. The Bertz CT molecular complexity index is 476. The number of ether oxygens (including phenoxy) is 1. The molecule has 0 saturated heterocycles. The van der Waals surface area contributed by atoms with E-state index in [1.54, 1.807) is 13.8 Å². The minimum absolute atomic E-state index is 0.150. The first-order valence-corrected chi connectivity index (χ1v) is 6.53. The second-order valence-electron chi connectivity index (χ2n) is 3.89. The van der Waals surface area contributed by atoms with Crippen LogP contribution in [-0.2, 0) is 20.3 Å². The first-order valence-electron chi connectivity index (χ1n) is 5.32. The van der Waals surface area contributed by atoms with Crippen LogP contribution >= 0.6 is 0 Å². The van der Waals surface area contributed by atoms with Gasteiger partial charge in [-0.3, -0.25) is 9.00 Å². The summed E-state index contributed by atoms with van der Waals surface area (Å²) in [7, 11) is -0.364. The minimum Gasteiger partial charge on any atom is -0.469 e. The number of methoxy groups -OCH3 is 1. The maximum atomic E-state index is 13.0. The van der Waals surface area contributed by atoms with Crippen molar-refractivity contribution in [3.05, 3.63) is 29.8 Å². The number of esters is 1. The topological polar surface area (TPSA) is 43.4 Å². The summed E-state index contributed by atoms with van der Waals surface area (Å²) in [5.74, 6) is -3.13. The summed E-state index contributed by atoms with van der Waals surface area (Å²) < 4.78 is 42.4. The van der Waals surface area contributed by atoms with Gasteiger partial charge >= 0.3 is 5.97 Å². The molecule has 100 valence electrons. The van der Waals surface area contributed by atoms with Crippen molar-refractivity contribution in [1.29, 1.82) is 0 Å². The Balaban J connectivity index is 2.93. The van der Waals surface area contributed by atoms with Gasteiger partial charge in [0.15, 0.2) is 11.6 Å². The average Bonchev–Trinajstić information content (AvgIpc) is 2.38. The molecule has 0 bridgehead atoms. The van der Waals surface area contributed by atoms with E-state index < -0.39 is 39.6 Å². The normalized spacial score (nSPS) is 15.8. The fraction of sp³-hybridized carbons (Fsp3) is 0.417. The van der Waals surface area contributed by atoms with Crippen molar-refractivity contribution < 1.29 is 22.5 Å². The van der Waals surface area contributed by atoms with Crippen molar-refractivity contribution in [1.82, 2.24) is 0 Å². The number of carbonyl (C=O) groups is 1. The van der Waals surface area contributed by atoms with E-state index in [0.717, 1.165) is 12.1 Å². The summed E-state index contributed by atoms with van der Waals surface area (Å²) in [6, 6.07) is 3.04. The van der Waals surface area contributed by atoms with Crippen molar-refractivity contribution in [3.8, 4) is 0 Å². The van der Waals surface area contributed by atoms with E-state index in [4.69, 9.17) is 0 Å². The van der Waals surface area contributed by atoms with E-state index in [2.05, 4.69) is 4.74 Å². The summed E-state index contributed by atoms with van der Waals surface area (Å²) in [4.78, 5) is 11.5. The Morgan fingerprint density at radius 1 is 1.28 bits per heavy atom. The summed E-state index contributed by atoms with van der Waals surface area (Å²) in [5.41, 5.74) is 0. The molecule has 3 atom stereocenters. The molecule has 1 rings (SSSR count). The van der Waals surface area contributed by atoms with Crippen molar-refractivity contribution >= 4 is 16.8 Å². The maximum Gasteiger partial charge on any atom is 0.309 e. The molecule has 0 N–H and O–H groups in total. The van der Waals surface area contributed by atoms with Gasteiger partial charge in [0.1, 0.15) is 0 Å². The summed E-state index contributed by atoms with van der Waals surface area (Å²) in [6.07, 6.45) is 0. The van der Waals surface area contributed by atoms with Gasteiger partial charge < -0.3 is 4.74 Å². The SMILES string of the molecule is COC(=O)C(C)C(C)S(=O)c1ccc(F)c(F)c1. The first kappa shape index (κ1) is 14.8. The van der Waals surface area contributed by atoms with Crippen LogP contribution in [0.3, 0.4) is 0 Å². The maximum absolute atomic E-state index is 13.0. The van der Waals surface area contributed by atoms with E-state index in [-0.39, 0.29) is 4.90 Å². The molecular weight excluding hydrogens is 262 g/mol. The van der Waals surface area contributed by atoms with Gasteiger partial charge in [0, 0.05) is 10.1 Å². The van der Waals surface area contributed by atoms with Crippen LogP contribution < -0.4 is 0 Å². The smallest absolute Gasteiger partial charge is 0.309 e. The monoisotopic (exact) mass is 276 g/mol. The molecular formula is C12H14F2O3S. The number of hydrogen-bond acceptors (Lipinski definition) is 3. The molecule has 0 heterocycles. The van der Waals surface area contributed by atoms with E-state index in [1.165, 1.54) is 13.2 Å². The van der Waals surface area contributed by atoms with Gasteiger partial charge in [0.25, 0.3) is 0 Å². The molecule has 0 fully saturated rings. The van der Waals surface area contributed by atoms with Crippen LogP contribution in [0.25, 0.3) is 0 Å². The minimum atomic E-state index is -1.61. The standard InChI is InChI=1S/C12H14F2O3S/c1-7(12(15)17-3)8(2)18(16)9-4-5-10(13)11(14)6-9/h4-8H,1-3H3. The van der Waals surface area contributed by atoms with Gasteiger partial charge in [-0.1, -0.05) is 6.92 Å². The van der Waals surface area contributed by atoms with Crippen molar-refractivity contribution in [2.75, 3.05) is 7.11 Å². The number of carbonyl (C=O) groups excluding carboxylic acids is 1. The van der Waals surface area contributed by atoms with E-state index in [1.807, 2.05) is 0 Å². The third kappa shape index (κ3) is 3.13.